The minimum absolute atomic E-state index is 0.124. The van der Waals surface area contributed by atoms with E-state index in [4.69, 9.17) is 4.42 Å². The fraction of sp³-hybridized carbons (Fsp3) is 0.125. The summed E-state index contributed by atoms with van der Waals surface area (Å²) in [5.41, 5.74) is 4.51. The van der Waals surface area contributed by atoms with Gasteiger partial charge >= 0.3 is 5.97 Å². The Labute approximate surface area is 187 Å². The Morgan fingerprint density at radius 2 is 1.84 bits per heavy atom. The van der Waals surface area contributed by atoms with Gasteiger partial charge in [-0.1, -0.05) is 22.0 Å². The zero-order valence-electron chi connectivity index (χ0n) is 17.1. The summed E-state index contributed by atoms with van der Waals surface area (Å²) in [7, 11) is 0. The minimum Gasteiger partial charge on any atom is -0.478 e. The third-order valence-electron chi connectivity index (χ3n) is 5.19. The van der Waals surface area contributed by atoms with Crippen LogP contribution >= 0.6 is 15.9 Å². The zero-order chi connectivity index (χ0) is 22.3. The number of hydrogen-bond acceptors (Lipinski definition) is 4. The zero-order valence-corrected chi connectivity index (χ0v) is 18.7. The topological polar surface area (TPSA) is 83.1 Å². The van der Waals surface area contributed by atoms with E-state index in [0.717, 1.165) is 11.1 Å². The van der Waals surface area contributed by atoms with E-state index in [-0.39, 0.29) is 11.5 Å². The molecule has 0 atom stereocenters. The van der Waals surface area contributed by atoms with Crippen molar-refractivity contribution in [1.82, 2.24) is 0 Å². The average Bonchev–Trinajstić information content (AvgIpc) is 3.30. The molecule has 31 heavy (non-hydrogen) atoms. The quantitative estimate of drug-likeness (QED) is 0.478. The average molecular weight is 479 g/mol. The van der Waals surface area contributed by atoms with Crippen molar-refractivity contribution in [3.63, 3.8) is 0 Å². The normalized spacial score (nSPS) is 15.0. The molecule has 0 fully saturated rings. The molecule has 0 unspecified atom stereocenters. The first-order valence-electron chi connectivity index (χ1n) is 9.56. The highest BCUT2D eigenvalue weighted by molar-refractivity contribution is 9.10. The van der Waals surface area contributed by atoms with Gasteiger partial charge < -0.3 is 9.52 Å². The van der Waals surface area contributed by atoms with Gasteiger partial charge in [-0.25, -0.2) is 4.79 Å². The molecular weight excluding hydrogens is 460 g/mol. The highest BCUT2D eigenvalue weighted by Crippen LogP contribution is 2.31. The first-order chi connectivity index (χ1) is 14.7. The lowest BCUT2D eigenvalue weighted by atomic mass is 10.1. The smallest absolute Gasteiger partial charge is 0.336 e. The Morgan fingerprint density at radius 3 is 2.55 bits per heavy atom. The fourth-order valence-electron chi connectivity index (χ4n) is 3.34. The van der Waals surface area contributed by atoms with E-state index in [2.05, 4.69) is 21.0 Å². The van der Waals surface area contributed by atoms with Crippen molar-refractivity contribution in [2.24, 2.45) is 5.10 Å². The number of benzene rings is 2. The number of carboxylic acids is 1. The first-order valence-corrected chi connectivity index (χ1v) is 10.4. The monoisotopic (exact) mass is 478 g/mol. The SMILES string of the molecule is CC1=NN(c2ccc(C)c(C)c2)C(=O)/C1=C\c1ccc(-c2ccc(Br)cc2C(=O)O)o1. The van der Waals surface area contributed by atoms with Gasteiger partial charge in [0, 0.05) is 10.0 Å². The molecule has 7 heteroatoms. The van der Waals surface area contributed by atoms with E-state index in [1.54, 1.807) is 37.3 Å². The number of nitrogens with zero attached hydrogens (tertiary/aromatic N) is 2. The third-order valence-corrected chi connectivity index (χ3v) is 5.68. The molecule has 1 aliphatic rings. The number of amides is 1. The molecule has 1 N–H and O–H groups in total. The second-order valence-electron chi connectivity index (χ2n) is 7.33. The molecule has 2 aromatic carbocycles. The summed E-state index contributed by atoms with van der Waals surface area (Å²) in [6.45, 7) is 5.77. The summed E-state index contributed by atoms with van der Waals surface area (Å²) >= 11 is 3.29. The van der Waals surface area contributed by atoms with Crippen LogP contribution in [-0.2, 0) is 4.79 Å². The molecule has 0 saturated carbocycles. The van der Waals surface area contributed by atoms with E-state index in [0.29, 0.717) is 38.5 Å². The van der Waals surface area contributed by atoms with Crippen molar-refractivity contribution in [3.05, 3.63) is 81.0 Å². The largest absolute Gasteiger partial charge is 0.478 e. The van der Waals surface area contributed by atoms with Gasteiger partial charge in [-0.2, -0.15) is 10.1 Å². The number of furan rings is 1. The molecule has 156 valence electrons. The minimum atomic E-state index is -1.05. The van der Waals surface area contributed by atoms with Gasteiger partial charge in [0.1, 0.15) is 11.5 Å². The molecule has 1 aromatic heterocycles. The first kappa shape index (κ1) is 20.8. The highest BCUT2D eigenvalue weighted by Gasteiger charge is 2.29. The number of carbonyl (C=O) groups excluding carboxylic acids is 1. The summed E-state index contributed by atoms with van der Waals surface area (Å²) in [6.07, 6.45) is 1.63. The number of halogens is 1. The Kier molecular flexibility index (Phi) is 5.37. The van der Waals surface area contributed by atoms with Crippen molar-refractivity contribution < 1.29 is 19.1 Å². The lowest BCUT2D eigenvalue weighted by Crippen LogP contribution is -2.21. The van der Waals surface area contributed by atoms with Crippen LogP contribution in [0.25, 0.3) is 17.4 Å². The highest BCUT2D eigenvalue weighted by atomic mass is 79.9. The van der Waals surface area contributed by atoms with Crippen LogP contribution in [0.15, 0.2) is 68.1 Å². The number of rotatable bonds is 4. The van der Waals surface area contributed by atoms with Gasteiger partial charge in [0.25, 0.3) is 5.91 Å². The van der Waals surface area contributed by atoms with Crippen LogP contribution in [-0.4, -0.2) is 22.7 Å². The number of aryl methyl sites for hydroxylation is 2. The molecule has 1 aliphatic heterocycles. The number of carbonyl (C=O) groups is 2. The van der Waals surface area contributed by atoms with E-state index < -0.39 is 5.97 Å². The van der Waals surface area contributed by atoms with Crippen molar-refractivity contribution in [2.75, 3.05) is 5.01 Å². The van der Waals surface area contributed by atoms with Crippen molar-refractivity contribution >= 4 is 45.3 Å². The molecular formula is C24H19BrN2O4. The third kappa shape index (κ3) is 3.96. The predicted octanol–water partition coefficient (Wildman–Crippen LogP) is 5.83. The van der Waals surface area contributed by atoms with Crippen LogP contribution < -0.4 is 5.01 Å². The van der Waals surface area contributed by atoms with E-state index in [1.165, 1.54) is 11.1 Å². The summed E-state index contributed by atoms with van der Waals surface area (Å²) in [6, 6.07) is 14.1. The van der Waals surface area contributed by atoms with Crippen molar-refractivity contribution in [1.29, 1.82) is 0 Å². The van der Waals surface area contributed by atoms with Gasteiger partial charge in [-0.3, -0.25) is 4.79 Å². The predicted molar refractivity (Wildman–Crippen MR) is 123 cm³/mol. The number of anilines is 1. The molecule has 6 nitrogen and oxygen atoms in total. The fourth-order valence-corrected chi connectivity index (χ4v) is 3.70. The Bertz CT molecular complexity index is 1290. The lowest BCUT2D eigenvalue weighted by Gasteiger charge is -2.13. The number of carboxylic acid groups (broad SMARTS) is 1. The van der Waals surface area contributed by atoms with Crippen LogP contribution in [0.3, 0.4) is 0 Å². The molecule has 0 radical (unpaired) electrons. The molecule has 2 heterocycles. The molecule has 3 aromatic rings. The maximum atomic E-state index is 13.0. The van der Waals surface area contributed by atoms with Crippen molar-refractivity contribution in [3.8, 4) is 11.3 Å². The van der Waals surface area contributed by atoms with Crippen LogP contribution in [0.2, 0.25) is 0 Å². The summed E-state index contributed by atoms with van der Waals surface area (Å²) in [5.74, 6) is -0.448. The Balaban J connectivity index is 1.66. The van der Waals surface area contributed by atoms with E-state index in [9.17, 15) is 14.7 Å². The van der Waals surface area contributed by atoms with Gasteiger partial charge in [0.15, 0.2) is 0 Å². The van der Waals surface area contributed by atoms with Crippen molar-refractivity contribution in [2.45, 2.75) is 20.8 Å². The van der Waals surface area contributed by atoms with Crippen LogP contribution in [0.4, 0.5) is 5.69 Å². The molecule has 0 spiro atoms. The van der Waals surface area contributed by atoms with Crippen LogP contribution in [0, 0.1) is 13.8 Å². The molecule has 1 amide bonds. The van der Waals surface area contributed by atoms with E-state index >= 15 is 0 Å². The lowest BCUT2D eigenvalue weighted by molar-refractivity contribution is -0.114. The van der Waals surface area contributed by atoms with Crippen LogP contribution in [0.1, 0.15) is 34.2 Å². The van der Waals surface area contributed by atoms with Gasteiger partial charge in [-0.15, -0.1) is 0 Å². The molecule has 4 rings (SSSR count). The molecule has 0 aliphatic carbocycles. The summed E-state index contributed by atoms with van der Waals surface area (Å²) in [4.78, 5) is 24.6. The maximum Gasteiger partial charge on any atom is 0.336 e. The maximum absolute atomic E-state index is 13.0. The standard InChI is InChI=1S/C24H19BrN2O4/c1-13-4-6-17(10-14(13)2)27-23(28)20(15(3)26-27)12-18-7-9-22(31-18)19-8-5-16(25)11-21(19)24(29)30/h4-12H,1-3H3,(H,29,30)/b20-12-. The molecule has 0 bridgehead atoms. The second kappa shape index (κ2) is 8.00. The van der Waals surface area contributed by atoms with Crippen LogP contribution in [0.5, 0.6) is 0 Å². The summed E-state index contributed by atoms with van der Waals surface area (Å²) < 4.78 is 6.52. The Hall–Kier alpha value is -3.45. The second-order valence-corrected chi connectivity index (χ2v) is 8.24. The number of hydrazone groups is 1. The molecule has 0 saturated heterocycles. The van der Waals surface area contributed by atoms with Gasteiger partial charge in [0.05, 0.1) is 22.5 Å². The van der Waals surface area contributed by atoms with Gasteiger partial charge in [-0.05, 0) is 80.4 Å². The number of aromatic carboxylic acids is 1. The number of hydrogen-bond donors (Lipinski definition) is 1. The van der Waals surface area contributed by atoms with Gasteiger partial charge in [0.2, 0.25) is 0 Å². The summed E-state index contributed by atoms with van der Waals surface area (Å²) in [5, 5.41) is 15.3. The van der Waals surface area contributed by atoms with E-state index in [1.807, 2.05) is 32.0 Å². The Morgan fingerprint density at radius 1 is 1.06 bits per heavy atom.